The van der Waals surface area contributed by atoms with Crippen molar-refractivity contribution in [2.75, 3.05) is 0 Å². The molecular formula is C28H26N2O. The molecule has 0 unspecified atom stereocenters. The maximum atomic E-state index is 12.8. The zero-order valence-corrected chi connectivity index (χ0v) is 17.6. The summed E-state index contributed by atoms with van der Waals surface area (Å²) in [7, 11) is 0. The van der Waals surface area contributed by atoms with Crippen LogP contribution in [0.3, 0.4) is 0 Å². The van der Waals surface area contributed by atoms with Crippen LogP contribution in [0.5, 0.6) is 0 Å². The normalized spacial score (nSPS) is 17.5. The Balaban J connectivity index is 1.14. The van der Waals surface area contributed by atoms with Crippen LogP contribution >= 0.6 is 0 Å². The molecule has 5 rings (SSSR count). The number of ketones is 1. The van der Waals surface area contributed by atoms with Crippen molar-refractivity contribution in [2.24, 2.45) is 5.92 Å². The summed E-state index contributed by atoms with van der Waals surface area (Å²) in [6.07, 6.45) is 12.2. The second-order valence-corrected chi connectivity index (χ2v) is 8.61. The van der Waals surface area contributed by atoms with E-state index in [1.165, 1.54) is 16.7 Å². The van der Waals surface area contributed by atoms with Gasteiger partial charge in [-0.25, -0.2) is 0 Å². The summed E-state index contributed by atoms with van der Waals surface area (Å²) in [5, 5.41) is 2.26. The number of pyridine rings is 2. The van der Waals surface area contributed by atoms with Gasteiger partial charge in [0, 0.05) is 42.5 Å². The number of fused-ring (bicyclic) bond motifs is 1. The predicted octanol–water partition coefficient (Wildman–Crippen LogP) is 5.72. The summed E-state index contributed by atoms with van der Waals surface area (Å²) in [6, 6.07) is 21.3. The number of aryl methyl sites for hydroxylation is 2. The molecule has 0 bridgehead atoms. The zero-order chi connectivity index (χ0) is 21.0. The van der Waals surface area contributed by atoms with E-state index in [-0.39, 0.29) is 5.92 Å². The number of hydrogen-bond donors (Lipinski definition) is 0. The highest BCUT2D eigenvalue weighted by Gasteiger charge is 2.43. The first-order valence-electron chi connectivity index (χ1n) is 11.1. The second kappa shape index (κ2) is 8.81. The van der Waals surface area contributed by atoms with Gasteiger partial charge in [0.15, 0.2) is 0 Å². The van der Waals surface area contributed by atoms with Gasteiger partial charge in [-0.05, 0) is 71.4 Å². The highest BCUT2D eigenvalue weighted by atomic mass is 16.1. The van der Waals surface area contributed by atoms with E-state index < -0.39 is 0 Å². The molecule has 3 heteroatoms. The molecule has 1 aliphatic rings. The number of aromatic nitrogens is 2. The molecule has 2 aromatic carbocycles. The molecule has 0 N–H and O–H groups in total. The number of benzene rings is 2. The molecule has 1 saturated carbocycles. The Morgan fingerprint density at radius 1 is 0.806 bits per heavy atom. The minimum atomic E-state index is 0.171. The number of Topliss-reactive ketones (excluding diaryl/α,β-unsaturated/α-hetero) is 1. The van der Waals surface area contributed by atoms with Crippen LogP contribution < -0.4 is 0 Å². The van der Waals surface area contributed by atoms with Gasteiger partial charge in [0.05, 0.1) is 0 Å². The Labute approximate surface area is 183 Å². The van der Waals surface area contributed by atoms with Crippen molar-refractivity contribution in [3.63, 3.8) is 0 Å². The lowest BCUT2D eigenvalue weighted by Gasteiger charge is -2.06. The first-order valence-corrected chi connectivity index (χ1v) is 11.1. The van der Waals surface area contributed by atoms with Gasteiger partial charge >= 0.3 is 0 Å². The maximum absolute atomic E-state index is 12.8. The van der Waals surface area contributed by atoms with Gasteiger partial charge in [-0.2, -0.15) is 0 Å². The Hall–Kier alpha value is -3.33. The number of hydrogen-bond acceptors (Lipinski definition) is 3. The molecule has 4 aromatic rings. The van der Waals surface area contributed by atoms with Crippen molar-refractivity contribution in [2.45, 2.75) is 38.0 Å². The molecule has 1 fully saturated rings. The smallest absolute Gasteiger partial charge is 0.140 e. The van der Waals surface area contributed by atoms with Crippen LogP contribution in [0, 0.1) is 5.92 Å². The van der Waals surface area contributed by atoms with Crippen LogP contribution in [0.1, 0.15) is 41.0 Å². The minimum Gasteiger partial charge on any atom is -0.299 e. The number of nitrogens with zero attached hydrogens (tertiary/aromatic N) is 2. The Morgan fingerprint density at radius 2 is 1.61 bits per heavy atom. The fourth-order valence-electron chi connectivity index (χ4n) is 4.47. The van der Waals surface area contributed by atoms with Gasteiger partial charge < -0.3 is 0 Å². The SMILES string of the molecule is O=C(Cc1ccc2cnccc2c1)[C@@H]1C[C@H]1c1ccc(CCCc2cccnc2)cc1. The summed E-state index contributed by atoms with van der Waals surface area (Å²) in [6.45, 7) is 0. The summed E-state index contributed by atoms with van der Waals surface area (Å²) < 4.78 is 0. The van der Waals surface area contributed by atoms with Gasteiger partial charge in [-0.3, -0.25) is 14.8 Å². The van der Waals surface area contributed by atoms with Crippen LogP contribution in [0.15, 0.2) is 85.5 Å². The van der Waals surface area contributed by atoms with Crippen molar-refractivity contribution in [1.29, 1.82) is 0 Å². The molecular weight excluding hydrogens is 380 g/mol. The van der Waals surface area contributed by atoms with Crippen LogP contribution in [-0.2, 0) is 24.1 Å². The van der Waals surface area contributed by atoms with E-state index in [0.717, 1.165) is 42.0 Å². The van der Waals surface area contributed by atoms with Gasteiger partial charge in [-0.1, -0.05) is 48.5 Å². The quantitative estimate of drug-likeness (QED) is 0.376. The summed E-state index contributed by atoms with van der Waals surface area (Å²) >= 11 is 0. The highest BCUT2D eigenvalue weighted by Crippen LogP contribution is 2.48. The first-order chi connectivity index (χ1) is 15.3. The predicted molar refractivity (Wildman–Crippen MR) is 124 cm³/mol. The van der Waals surface area contributed by atoms with Crippen LogP contribution in [0.4, 0.5) is 0 Å². The molecule has 0 saturated heterocycles. The lowest BCUT2D eigenvalue weighted by molar-refractivity contribution is -0.119. The molecule has 1 aliphatic carbocycles. The van der Waals surface area contributed by atoms with Gasteiger partial charge in [0.2, 0.25) is 0 Å². The van der Waals surface area contributed by atoms with E-state index in [1.54, 1.807) is 6.20 Å². The summed E-state index contributed by atoms with van der Waals surface area (Å²) in [5.74, 6) is 0.921. The fraction of sp³-hybridized carbons (Fsp3) is 0.250. The average molecular weight is 407 g/mol. The minimum absolute atomic E-state index is 0.171. The van der Waals surface area contributed by atoms with E-state index in [0.29, 0.717) is 18.1 Å². The van der Waals surface area contributed by atoms with Crippen molar-refractivity contribution in [3.05, 3.63) is 108 Å². The van der Waals surface area contributed by atoms with Crippen molar-refractivity contribution < 1.29 is 4.79 Å². The Bertz CT molecular complexity index is 1180. The van der Waals surface area contributed by atoms with Crippen molar-refractivity contribution >= 4 is 16.6 Å². The number of carbonyl (C=O) groups is 1. The Kier molecular flexibility index (Phi) is 5.57. The average Bonchev–Trinajstić information content (AvgIpc) is 3.61. The molecule has 154 valence electrons. The molecule has 0 aliphatic heterocycles. The molecule has 2 heterocycles. The lowest BCUT2D eigenvalue weighted by Crippen LogP contribution is -2.06. The third-order valence-electron chi connectivity index (χ3n) is 6.35. The van der Waals surface area contributed by atoms with E-state index in [1.807, 2.05) is 30.7 Å². The van der Waals surface area contributed by atoms with E-state index in [4.69, 9.17) is 0 Å². The van der Waals surface area contributed by atoms with E-state index in [9.17, 15) is 4.79 Å². The molecule has 2 aromatic heterocycles. The van der Waals surface area contributed by atoms with Crippen LogP contribution in [-0.4, -0.2) is 15.8 Å². The standard InChI is InChI=1S/C28H26N2O/c31-28(16-22-8-11-25-19-30-14-12-24(25)15-22)27-17-26(27)23-9-6-20(7-10-23)3-1-4-21-5-2-13-29-18-21/h2,5-15,18-19,26-27H,1,3-4,16-17H2/t26-,27+/m0/s1. The maximum Gasteiger partial charge on any atom is 0.140 e. The van der Waals surface area contributed by atoms with E-state index >= 15 is 0 Å². The third-order valence-corrected chi connectivity index (χ3v) is 6.35. The molecule has 0 spiro atoms. The topological polar surface area (TPSA) is 42.9 Å². The largest absolute Gasteiger partial charge is 0.299 e. The highest BCUT2D eigenvalue weighted by molar-refractivity contribution is 5.89. The molecule has 2 atom stereocenters. The molecule has 3 nitrogen and oxygen atoms in total. The summed E-state index contributed by atoms with van der Waals surface area (Å²) in [5.41, 5.74) is 5.06. The van der Waals surface area contributed by atoms with Crippen molar-refractivity contribution in [1.82, 2.24) is 9.97 Å². The summed E-state index contributed by atoms with van der Waals surface area (Å²) in [4.78, 5) is 21.2. The van der Waals surface area contributed by atoms with E-state index in [2.05, 4.69) is 58.5 Å². The Morgan fingerprint density at radius 3 is 2.45 bits per heavy atom. The first kappa shape index (κ1) is 19.6. The molecule has 31 heavy (non-hydrogen) atoms. The zero-order valence-electron chi connectivity index (χ0n) is 17.6. The lowest BCUT2D eigenvalue weighted by atomic mass is 9.99. The van der Waals surface area contributed by atoms with Crippen LogP contribution in [0.2, 0.25) is 0 Å². The van der Waals surface area contributed by atoms with Crippen LogP contribution in [0.25, 0.3) is 10.8 Å². The third kappa shape index (κ3) is 4.72. The van der Waals surface area contributed by atoms with Gasteiger partial charge in [-0.15, -0.1) is 0 Å². The van der Waals surface area contributed by atoms with Crippen molar-refractivity contribution in [3.8, 4) is 0 Å². The van der Waals surface area contributed by atoms with Gasteiger partial charge in [0.25, 0.3) is 0 Å². The number of rotatable bonds is 8. The molecule has 0 amide bonds. The number of carbonyl (C=O) groups excluding carboxylic acids is 1. The van der Waals surface area contributed by atoms with Gasteiger partial charge in [0.1, 0.15) is 5.78 Å². The second-order valence-electron chi connectivity index (χ2n) is 8.61. The monoisotopic (exact) mass is 406 g/mol. The molecule has 0 radical (unpaired) electrons. The fourth-order valence-corrected chi connectivity index (χ4v) is 4.47.